The van der Waals surface area contributed by atoms with Gasteiger partial charge in [0.2, 0.25) is 0 Å². The molecule has 2 fully saturated rings. The normalized spacial score (nSPS) is 35.5. The molecule has 0 saturated heterocycles. The van der Waals surface area contributed by atoms with Gasteiger partial charge in [0.25, 0.3) is 0 Å². The molecule has 0 radical (unpaired) electrons. The number of hydrogen-bond donors (Lipinski definition) is 1. The Morgan fingerprint density at radius 1 is 1.00 bits per heavy atom. The minimum atomic E-state index is -0.850. The van der Waals surface area contributed by atoms with Crippen LogP contribution in [-0.2, 0) is 14.3 Å². The topological polar surface area (TPSA) is 63.6 Å². The maximum absolute atomic E-state index is 13.0. The van der Waals surface area contributed by atoms with Gasteiger partial charge < -0.3 is 9.84 Å². The lowest BCUT2D eigenvalue weighted by Gasteiger charge is -2.50. The largest absolute Gasteiger partial charge is 0.481 e. The van der Waals surface area contributed by atoms with Crippen LogP contribution in [-0.4, -0.2) is 23.7 Å². The third-order valence-corrected chi connectivity index (χ3v) is 8.75. The molecule has 4 heteroatoms. The Kier molecular flexibility index (Phi) is 9.89. The number of carbonyl (C=O) groups is 2. The van der Waals surface area contributed by atoms with Crippen LogP contribution in [0.3, 0.4) is 0 Å². The van der Waals surface area contributed by atoms with Crippen molar-refractivity contribution >= 4 is 11.9 Å². The number of carboxylic acids is 1. The van der Waals surface area contributed by atoms with Crippen LogP contribution in [0.1, 0.15) is 106 Å². The predicted octanol–water partition coefficient (Wildman–Crippen LogP) is 6.96. The van der Waals surface area contributed by atoms with Gasteiger partial charge in [-0.15, -0.1) is 0 Å². The first-order chi connectivity index (χ1) is 14.6. The average molecular weight is 437 g/mol. The van der Waals surface area contributed by atoms with E-state index in [1.54, 1.807) is 0 Å². The van der Waals surface area contributed by atoms with Crippen molar-refractivity contribution in [2.75, 3.05) is 6.61 Å². The molecule has 2 rings (SSSR count). The number of ether oxygens (including phenoxy) is 1. The minimum Gasteiger partial charge on any atom is -0.481 e. The van der Waals surface area contributed by atoms with Gasteiger partial charge in [0.05, 0.1) is 18.4 Å². The molecule has 0 aliphatic heterocycles. The van der Waals surface area contributed by atoms with Crippen molar-refractivity contribution in [2.24, 2.45) is 46.8 Å². The standard InChI is InChI=1S/C27H48O4/c1-7-8-9-10-11-14-21-19(3)16-27(5,6)23(20(21)4)17-31-26(30)22-15-12-13-18(2)24(22)25(28)29/h18-24H,7-17H2,1-6H3,(H,28,29). The average Bonchev–Trinajstić information content (AvgIpc) is 2.68. The third kappa shape index (κ3) is 6.71. The maximum Gasteiger partial charge on any atom is 0.309 e. The van der Waals surface area contributed by atoms with Gasteiger partial charge in [0, 0.05) is 5.92 Å². The van der Waals surface area contributed by atoms with Gasteiger partial charge in [0.15, 0.2) is 0 Å². The summed E-state index contributed by atoms with van der Waals surface area (Å²) < 4.78 is 5.89. The first kappa shape index (κ1) is 26.2. The second-order valence-corrected chi connectivity index (χ2v) is 11.5. The Hall–Kier alpha value is -1.06. The summed E-state index contributed by atoms with van der Waals surface area (Å²) in [6.45, 7) is 14.0. The van der Waals surface area contributed by atoms with Gasteiger partial charge in [-0.2, -0.15) is 0 Å². The Balaban J connectivity index is 1.99. The molecule has 0 amide bonds. The summed E-state index contributed by atoms with van der Waals surface area (Å²) in [6, 6.07) is 0. The molecule has 4 nitrogen and oxygen atoms in total. The molecule has 2 aliphatic rings. The Labute approximate surface area is 190 Å². The van der Waals surface area contributed by atoms with E-state index in [9.17, 15) is 14.7 Å². The van der Waals surface area contributed by atoms with Gasteiger partial charge in [-0.05, 0) is 54.8 Å². The number of rotatable bonds is 10. The van der Waals surface area contributed by atoms with Crippen molar-refractivity contribution < 1.29 is 19.4 Å². The number of carbonyl (C=O) groups excluding carboxylic acids is 1. The molecular weight excluding hydrogens is 388 g/mol. The van der Waals surface area contributed by atoms with E-state index < -0.39 is 17.8 Å². The molecule has 180 valence electrons. The monoisotopic (exact) mass is 436 g/mol. The molecule has 7 atom stereocenters. The summed E-state index contributed by atoms with van der Waals surface area (Å²) in [6.07, 6.45) is 11.4. The highest BCUT2D eigenvalue weighted by Crippen LogP contribution is 2.51. The fraction of sp³-hybridized carbons (Fsp3) is 0.926. The van der Waals surface area contributed by atoms with Crippen LogP contribution < -0.4 is 0 Å². The zero-order valence-electron chi connectivity index (χ0n) is 21.0. The second kappa shape index (κ2) is 11.7. The van der Waals surface area contributed by atoms with Crippen LogP contribution in [0.5, 0.6) is 0 Å². The smallest absolute Gasteiger partial charge is 0.309 e. The maximum atomic E-state index is 13.0. The Morgan fingerprint density at radius 2 is 1.68 bits per heavy atom. The molecule has 2 aliphatic carbocycles. The predicted molar refractivity (Wildman–Crippen MR) is 126 cm³/mol. The number of carboxylic acid groups (broad SMARTS) is 1. The van der Waals surface area contributed by atoms with Crippen molar-refractivity contribution in [2.45, 2.75) is 106 Å². The zero-order valence-corrected chi connectivity index (χ0v) is 21.0. The molecule has 1 N–H and O–H groups in total. The number of esters is 1. The van der Waals surface area contributed by atoms with Gasteiger partial charge >= 0.3 is 11.9 Å². The van der Waals surface area contributed by atoms with E-state index in [2.05, 4.69) is 34.6 Å². The van der Waals surface area contributed by atoms with E-state index in [0.717, 1.165) is 19.3 Å². The van der Waals surface area contributed by atoms with Crippen LogP contribution in [0, 0.1) is 46.8 Å². The van der Waals surface area contributed by atoms with Crippen LogP contribution >= 0.6 is 0 Å². The van der Waals surface area contributed by atoms with Gasteiger partial charge in [-0.1, -0.05) is 80.1 Å². The molecule has 0 bridgehead atoms. The minimum absolute atomic E-state index is 0.0341. The van der Waals surface area contributed by atoms with Crippen molar-refractivity contribution in [3.05, 3.63) is 0 Å². The van der Waals surface area contributed by atoms with Crippen molar-refractivity contribution in [1.82, 2.24) is 0 Å². The first-order valence-corrected chi connectivity index (χ1v) is 13.0. The van der Waals surface area contributed by atoms with Crippen molar-refractivity contribution in [1.29, 1.82) is 0 Å². The van der Waals surface area contributed by atoms with E-state index in [0.29, 0.717) is 36.7 Å². The molecule has 0 aromatic rings. The van der Waals surface area contributed by atoms with Crippen molar-refractivity contribution in [3.63, 3.8) is 0 Å². The summed E-state index contributed by atoms with van der Waals surface area (Å²) in [5.41, 5.74) is 0.129. The molecule has 0 aromatic carbocycles. The highest BCUT2D eigenvalue weighted by molar-refractivity contribution is 5.81. The zero-order chi connectivity index (χ0) is 23.2. The molecule has 0 heterocycles. The number of aliphatic carboxylic acids is 1. The fourth-order valence-electron chi connectivity index (χ4n) is 6.94. The SMILES string of the molecule is CCCCCCCC1C(C)CC(C)(C)C(COC(=O)C2CCCC(C)C2C(=O)O)C1C. The number of hydrogen-bond acceptors (Lipinski definition) is 3. The van der Waals surface area contributed by atoms with Gasteiger partial charge in [-0.3, -0.25) is 9.59 Å². The summed E-state index contributed by atoms with van der Waals surface area (Å²) >= 11 is 0. The first-order valence-electron chi connectivity index (χ1n) is 13.0. The summed E-state index contributed by atoms with van der Waals surface area (Å²) in [4.78, 5) is 24.7. The van der Waals surface area contributed by atoms with E-state index >= 15 is 0 Å². The summed E-state index contributed by atoms with van der Waals surface area (Å²) in [5.74, 6) is 0.0285. The lowest BCUT2D eigenvalue weighted by Crippen LogP contribution is -2.46. The highest BCUT2D eigenvalue weighted by atomic mass is 16.5. The van der Waals surface area contributed by atoms with Crippen molar-refractivity contribution in [3.8, 4) is 0 Å². The second-order valence-electron chi connectivity index (χ2n) is 11.5. The van der Waals surface area contributed by atoms with E-state index in [1.807, 2.05) is 6.92 Å². The molecule has 0 spiro atoms. The summed E-state index contributed by atoms with van der Waals surface area (Å²) in [5, 5.41) is 9.66. The lowest BCUT2D eigenvalue weighted by atomic mass is 9.56. The van der Waals surface area contributed by atoms with Crippen LogP contribution in [0.4, 0.5) is 0 Å². The summed E-state index contributed by atoms with van der Waals surface area (Å²) in [7, 11) is 0. The fourth-order valence-corrected chi connectivity index (χ4v) is 6.94. The quantitative estimate of drug-likeness (QED) is 0.297. The molecule has 0 aromatic heterocycles. The Morgan fingerprint density at radius 3 is 2.32 bits per heavy atom. The molecule has 31 heavy (non-hydrogen) atoms. The third-order valence-electron chi connectivity index (χ3n) is 8.75. The van der Waals surface area contributed by atoms with E-state index in [4.69, 9.17) is 4.74 Å². The molecule has 2 saturated carbocycles. The van der Waals surface area contributed by atoms with Crippen LogP contribution in [0.25, 0.3) is 0 Å². The number of unbranched alkanes of at least 4 members (excludes halogenated alkanes) is 4. The molecular formula is C27H48O4. The molecule has 7 unspecified atom stereocenters. The van der Waals surface area contributed by atoms with E-state index in [-0.39, 0.29) is 17.3 Å². The Bertz CT molecular complexity index is 584. The van der Waals surface area contributed by atoms with E-state index in [1.165, 1.54) is 38.5 Å². The van der Waals surface area contributed by atoms with Gasteiger partial charge in [0.1, 0.15) is 0 Å². The van der Waals surface area contributed by atoms with Crippen LogP contribution in [0.2, 0.25) is 0 Å². The lowest BCUT2D eigenvalue weighted by molar-refractivity contribution is -0.165. The van der Waals surface area contributed by atoms with Crippen LogP contribution in [0.15, 0.2) is 0 Å². The highest BCUT2D eigenvalue weighted by Gasteiger charge is 2.46. The van der Waals surface area contributed by atoms with Gasteiger partial charge in [-0.25, -0.2) is 0 Å².